The Morgan fingerprint density at radius 1 is 0.976 bits per heavy atom. The van der Waals surface area contributed by atoms with Gasteiger partial charge in [0.15, 0.2) is 6.29 Å². The number of ether oxygens (including phenoxy) is 2. The predicted molar refractivity (Wildman–Crippen MR) is 164 cm³/mol. The van der Waals surface area contributed by atoms with Gasteiger partial charge in [-0.15, -0.1) is 0 Å². The van der Waals surface area contributed by atoms with E-state index < -0.39 is 24.4 Å². The Bertz CT molecular complexity index is 1160. The second-order valence-corrected chi connectivity index (χ2v) is 10.9. The largest absolute Gasteiger partial charge is 0.351 e. The standard InChI is InChI=1S/C32H49N5O5/c1-6-37(32(33)40)35(5)22-28(38)34-29(25-16-10-9-11-17-25)30(39)36(23(4)31(41-7-2)42-8-3)21-26-19-14-18-24-15-12-13-20-27(24)26/h12-15,18-20,23,25,29,31H,6-11,16-17,21-22H2,1-5H3,(H2,33,40)(H,34,38)/t23-,29-/m0/s1. The van der Waals surface area contributed by atoms with Gasteiger partial charge in [0.1, 0.15) is 6.04 Å². The minimum Gasteiger partial charge on any atom is -0.351 e. The fraction of sp³-hybridized carbons (Fsp3) is 0.594. The Morgan fingerprint density at radius 3 is 2.24 bits per heavy atom. The Balaban J connectivity index is 1.97. The first-order chi connectivity index (χ1) is 20.2. The van der Waals surface area contributed by atoms with Crippen molar-refractivity contribution in [3.8, 4) is 0 Å². The maximum absolute atomic E-state index is 14.7. The number of benzene rings is 2. The van der Waals surface area contributed by atoms with E-state index in [4.69, 9.17) is 15.2 Å². The molecule has 2 aromatic carbocycles. The minimum absolute atomic E-state index is 0.00113. The van der Waals surface area contributed by atoms with Crippen LogP contribution in [0.4, 0.5) is 4.79 Å². The van der Waals surface area contributed by atoms with Crippen LogP contribution in [0, 0.1) is 5.92 Å². The van der Waals surface area contributed by atoms with Crippen molar-refractivity contribution in [1.82, 2.24) is 20.2 Å². The van der Waals surface area contributed by atoms with Gasteiger partial charge in [-0.25, -0.2) is 9.80 Å². The number of hydrogen-bond donors (Lipinski definition) is 2. The highest BCUT2D eigenvalue weighted by Crippen LogP contribution is 2.30. The summed E-state index contributed by atoms with van der Waals surface area (Å²) in [7, 11) is 1.63. The van der Waals surface area contributed by atoms with Crippen LogP contribution in [-0.4, -0.2) is 84.5 Å². The van der Waals surface area contributed by atoms with E-state index in [0.717, 1.165) is 48.4 Å². The number of nitrogens with zero attached hydrogens (tertiary/aromatic N) is 3. The zero-order chi connectivity index (χ0) is 30.6. The molecule has 10 heteroatoms. The molecule has 0 radical (unpaired) electrons. The molecule has 3 rings (SSSR count). The Kier molecular flexibility index (Phi) is 13.0. The maximum atomic E-state index is 14.7. The summed E-state index contributed by atoms with van der Waals surface area (Å²) in [5, 5.41) is 8.00. The molecule has 42 heavy (non-hydrogen) atoms. The Hall–Kier alpha value is -3.21. The number of nitrogens with two attached hydrogens (primary N) is 1. The summed E-state index contributed by atoms with van der Waals surface area (Å²) < 4.78 is 11.9. The second-order valence-electron chi connectivity index (χ2n) is 10.9. The van der Waals surface area contributed by atoms with E-state index in [1.54, 1.807) is 14.0 Å². The topological polar surface area (TPSA) is 117 Å². The van der Waals surface area contributed by atoms with Gasteiger partial charge in [-0.3, -0.25) is 14.6 Å². The van der Waals surface area contributed by atoms with Crippen molar-refractivity contribution >= 4 is 28.6 Å². The summed E-state index contributed by atoms with van der Waals surface area (Å²) in [4.78, 5) is 41.7. The van der Waals surface area contributed by atoms with E-state index >= 15 is 0 Å². The number of hydrogen-bond acceptors (Lipinski definition) is 6. The average molecular weight is 584 g/mol. The molecule has 0 saturated heterocycles. The normalized spacial score (nSPS) is 15.5. The van der Waals surface area contributed by atoms with Crippen molar-refractivity contribution in [2.24, 2.45) is 11.7 Å². The fourth-order valence-corrected chi connectivity index (χ4v) is 5.94. The molecular formula is C32H49N5O5. The number of carbonyl (C=O) groups excluding carboxylic acids is 3. The van der Waals surface area contributed by atoms with E-state index in [-0.39, 0.29) is 24.3 Å². The lowest BCUT2D eigenvalue weighted by Gasteiger charge is -2.39. The lowest BCUT2D eigenvalue weighted by Crippen LogP contribution is -2.58. The summed E-state index contributed by atoms with van der Waals surface area (Å²) in [5.74, 6) is -0.506. The average Bonchev–Trinajstić information content (AvgIpc) is 2.98. The number of nitrogens with one attached hydrogen (secondary N) is 1. The third-order valence-electron chi connectivity index (χ3n) is 8.09. The van der Waals surface area contributed by atoms with E-state index in [1.807, 2.05) is 49.9 Å². The number of likely N-dealkylation sites (N-methyl/N-ethyl adjacent to an activating group) is 1. The molecule has 1 aliphatic rings. The van der Waals surface area contributed by atoms with E-state index in [1.165, 1.54) is 10.0 Å². The summed E-state index contributed by atoms with van der Waals surface area (Å²) in [6.07, 6.45) is 4.22. The smallest absolute Gasteiger partial charge is 0.329 e. The van der Waals surface area contributed by atoms with Crippen LogP contribution in [0.3, 0.4) is 0 Å². The van der Waals surface area contributed by atoms with Crippen LogP contribution < -0.4 is 11.1 Å². The first-order valence-electron chi connectivity index (χ1n) is 15.3. The summed E-state index contributed by atoms with van der Waals surface area (Å²) in [6, 6.07) is 12.4. The van der Waals surface area contributed by atoms with Crippen molar-refractivity contribution in [3.63, 3.8) is 0 Å². The molecule has 2 aromatic rings. The molecule has 10 nitrogen and oxygen atoms in total. The highest BCUT2D eigenvalue weighted by molar-refractivity contribution is 5.90. The lowest BCUT2D eigenvalue weighted by molar-refractivity contribution is -0.180. The molecule has 0 bridgehead atoms. The summed E-state index contributed by atoms with van der Waals surface area (Å²) >= 11 is 0. The molecule has 0 aliphatic heterocycles. The highest BCUT2D eigenvalue weighted by atomic mass is 16.7. The number of carbonyl (C=O) groups is 3. The van der Waals surface area contributed by atoms with E-state index in [2.05, 4.69) is 23.5 Å². The van der Waals surface area contributed by atoms with Gasteiger partial charge < -0.3 is 25.4 Å². The monoisotopic (exact) mass is 583 g/mol. The zero-order valence-corrected chi connectivity index (χ0v) is 25.9. The Labute approximate surface area is 250 Å². The summed E-state index contributed by atoms with van der Waals surface area (Å²) in [5.41, 5.74) is 6.49. The molecule has 0 heterocycles. The molecule has 4 amide bonds. The molecule has 2 atom stereocenters. The third kappa shape index (κ3) is 8.65. The van der Waals surface area contributed by atoms with Crippen LogP contribution in [-0.2, 0) is 25.6 Å². The highest BCUT2D eigenvalue weighted by Gasteiger charge is 2.38. The molecule has 1 fully saturated rings. The number of primary amides is 1. The number of fused-ring (bicyclic) bond motifs is 1. The van der Waals surface area contributed by atoms with E-state index in [0.29, 0.717) is 26.3 Å². The molecule has 0 unspecified atom stereocenters. The van der Waals surface area contributed by atoms with Crippen molar-refractivity contribution in [3.05, 3.63) is 48.0 Å². The Morgan fingerprint density at radius 2 is 1.62 bits per heavy atom. The number of amides is 4. The van der Waals surface area contributed by atoms with Gasteiger partial charge in [-0.1, -0.05) is 61.7 Å². The van der Waals surface area contributed by atoms with Crippen LogP contribution in [0.2, 0.25) is 0 Å². The molecule has 0 spiro atoms. The predicted octanol–water partition coefficient (Wildman–Crippen LogP) is 4.27. The first-order valence-corrected chi connectivity index (χ1v) is 15.3. The number of rotatable bonds is 15. The lowest BCUT2D eigenvalue weighted by atomic mass is 9.83. The SMILES string of the molecule is CCOC(OCC)[C@H](C)N(Cc1cccc2ccccc12)C(=O)[C@@H](NC(=O)CN(C)N(CC)C(N)=O)C1CCCCC1. The molecule has 0 aromatic heterocycles. The zero-order valence-electron chi connectivity index (χ0n) is 25.9. The van der Waals surface area contributed by atoms with Crippen molar-refractivity contribution in [2.75, 3.05) is 33.4 Å². The molecule has 232 valence electrons. The van der Waals surface area contributed by atoms with Crippen molar-refractivity contribution in [1.29, 1.82) is 0 Å². The molecule has 1 saturated carbocycles. The van der Waals surface area contributed by atoms with Crippen molar-refractivity contribution < 1.29 is 23.9 Å². The maximum Gasteiger partial charge on any atom is 0.329 e. The quantitative estimate of drug-likeness (QED) is 0.239. The minimum atomic E-state index is -0.726. The molecule has 3 N–H and O–H groups in total. The molecule has 1 aliphatic carbocycles. The molecular weight excluding hydrogens is 534 g/mol. The van der Waals surface area contributed by atoms with Gasteiger partial charge in [-0.05, 0) is 62.8 Å². The van der Waals surface area contributed by atoms with E-state index in [9.17, 15) is 14.4 Å². The van der Waals surface area contributed by atoms with Gasteiger partial charge >= 0.3 is 6.03 Å². The van der Waals surface area contributed by atoms with Gasteiger partial charge in [-0.2, -0.15) is 0 Å². The first kappa shape index (κ1) is 33.3. The third-order valence-corrected chi connectivity index (χ3v) is 8.09. The summed E-state index contributed by atoms with van der Waals surface area (Å²) in [6.45, 7) is 8.98. The van der Waals surface area contributed by atoms with Crippen LogP contribution >= 0.6 is 0 Å². The van der Waals surface area contributed by atoms with Crippen LogP contribution in [0.15, 0.2) is 42.5 Å². The van der Waals surface area contributed by atoms with Crippen LogP contribution in [0.5, 0.6) is 0 Å². The second kappa shape index (κ2) is 16.4. The van der Waals surface area contributed by atoms with Gasteiger partial charge in [0, 0.05) is 33.4 Å². The van der Waals surface area contributed by atoms with Crippen LogP contribution in [0.25, 0.3) is 10.8 Å². The van der Waals surface area contributed by atoms with Gasteiger partial charge in [0.05, 0.1) is 12.6 Å². The number of hydrazine groups is 1. The fourth-order valence-electron chi connectivity index (χ4n) is 5.94. The van der Waals surface area contributed by atoms with Crippen molar-refractivity contribution in [2.45, 2.75) is 84.7 Å². The van der Waals surface area contributed by atoms with Crippen LogP contribution in [0.1, 0.15) is 65.4 Å². The number of urea groups is 1. The van der Waals surface area contributed by atoms with Gasteiger partial charge in [0.2, 0.25) is 11.8 Å². The van der Waals surface area contributed by atoms with Gasteiger partial charge in [0.25, 0.3) is 0 Å².